The molecule has 7 nitrogen and oxygen atoms in total. The van der Waals surface area contributed by atoms with E-state index in [0.717, 1.165) is 18.1 Å². The molecule has 2 heterocycles. The van der Waals surface area contributed by atoms with Gasteiger partial charge in [-0.3, -0.25) is 14.3 Å². The number of rotatable bonds is 9. The Kier molecular flexibility index (Phi) is 6.78. The van der Waals surface area contributed by atoms with E-state index in [1.54, 1.807) is 13.0 Å². The van der Waals surface area contributed by atoms with Crippen molar-refractivity contribution < 1.29 is 13.9 Å². The molecule has 0 bridgehead atoms. The highest BCUT2D eigenvalue weighted by Gasteiger charge is 2.41. The fourth-order valence-electron chi connectivity index (χ4n) is 3.20. The first-order valence-corrected chi connectivity index (χ1v) is 11.8. The third-order valence-electron chi connectivity index (χ3n) is 5.16. The van der Waals surface area contributed by atoms with Crippen LogP contribution in [0.25, 0.3) is 0 Å². The van der Waals surface area contributed by atoms with Crippen molar-refractivity contribution in [1.29, 1.82) is 0 Å². The van der Waals surface area contributed by atoms with Gasteiger partial charge in [0.1, 0.15) is 0 Å². The Balaban J connectivity index is 2.22. The van der Waals surface area contributed by atoms with E-state index < -0.39 is 31.6 Å². The van der Waals surface area contributed by atoms with Gasteiger partial charge in [0.2, 0.25) is 5.79 Å². The average Bonchev–Trinajstić information content (AvgIpc) is 3.04. The average molecular weight is 383 g/mol. The first-order valence-electron chi connectivity index (χ1n) is 9.31. The van der Waals surface area contributed by atoms with Crippen LogP contribution in [0, 0.1) is 6.92 Å². The van der Waals surface area contributed by atoms with E-state index in [1.807, 2.05) is 13.0 Å². The Labute approximate surface area is 155 Å². The van der Waals surface area contributed by atoms with Crippen LogP contribution in [0.2, 0.25) is 18.1 Å². The maximum atomic E-state index is 12.1. The van der Waals surface area contributed by atoms with Crippen LogP contribution < -0.4 is 11.2 Å². The van der Waals surface area contributed by atoms with Gasteiger partial charge in [0.05, 0.1) is 6.61 Å². The molecule has 0 aliphatic carbocycles. The lowest BCUT2D eigenvalue weighted by Gasteiger charge is -2.35. The second kappa shape index (κ2) is 8.47. The lowest BCUT2D eigenvalue weighted by atomic mass is 10.3. The smallest absolute Gasteiger partial charge is 0.330 e. The number of ether oxygens (including phenoxy) is 2. The van der Waals surface area contributed by atoms with Crippen LogP contribution in [0.15, 0.2) is 27.9 Å². The van der Waals surface area contributed by atoms with Crippen molar-refractivity contribution >= 4 is 8.32 Å². The molecule has 1 N–H and O–H groups in total. The van der Waals surface area contributed by atoms with Gasteiger partial charge in [-0.05, 0) is 44.1 Å². The van der Waals surface area contributed by atoms with Gasteiger partial charge >= 0.3 is 5.69 Å². The topological polar surface area (TPSA) is 82.5 Å². The van der Waals surface area contributed by atoms with E-state index in [0.29, 0.717) is 18.8 Å². The van der Waals surface area contributed by atoms with Crippen LogP contribution in [0.3, 0.4) is 0 Å². The molecule has 0 saturated carbocycles. The van der Waals surface area contributed by atoms with Crippen LogP contribution in [-0.2, 0) is 13.9 Å². The maximum absolute atomic E-state index is 12.1. The predicted octanol–water partition coefficient (Wildman–Crippen LogP) is 2.68. The van der Waals surface area contributed by atoms with E-state index in [4.69, 9.17) is 13.9 Å². The van der Waals surface area contributed by atoms with E-state index in [1.165, 1.54) is 10.8 Å². The quantitative estimate of drug-likeness (QED) is 0.524. The highest BCUT2D eigenvalue weighted by atomic mass is 28.4. The third kappa shape index (κ3) is 4.25. The summed E-state index contributed by atoms with van der Waals surface area (Å²) in [5.41, 5.74) is -0.457. The molecule has 1 aromatic heterocycles. The summed E-state index contributed by atoms with van der Waals surface area (Å²) in [7, 11) is -1.80. The van der Waals surface area contributed by atoms with Crippen LogP contribution in [-0.4, -0.2) is 36.9 Å². The minimum absolute atomic E-state index is 0.298. The number of aromatic nitrogens is 2. The van der Waals surface area contributed by atoms with Gasteiger partial charge in [-0.1, -0.05) is 20.8 Å². The largest absolute Gasteiger partial charge is 0.411 e. The van der Waals surface area contributed by atoms with E-state index in [-0.39, 0.29) is 0 Å². The van der Waals surface area contributed by atoms with Crippen molar-refractivity contribution in [1.82, 2.24) is 9.55 Å². The number of hydrogen-bond acceptors (Lipinski definition) is 5. The van der Waals surface area contributed by atoms with Crippen molar-refractivity contribution in [2.75, 3.05) is 13.2 Å². The van der Waals surface area contributed by atoms with Gasteiger partial charge in [0.25, 0.3) is 5.56 Å². The molecular formula is C18H30N2O5Si. The van der Waals surface area contributed by atoms with Crippen molar-refractivity contribution in [3.05, 3.63) is 44.8 Å². The standard InChI is InChI=1S/C18H30N2O5Si/c1-6-23-18(13-24-26(7-2,8-3)9-4)11-10-15(25-18)20-12-14(5)16(21)19-17(20)22/h10-12,15H,6-9,13H2,1-5H3,(H,19,21,22)/t15-,18+/m1/s1. The molecule has 0 spiro atoms. The molecule has 0 unspecified atom stereocenters. The van der Waals surface area contributed by atoms with Gasteiger partial charge in [-0.15, -0.1) is 0 Å². The molecule has 0 radical (unpaired) electrons. The molecule has 1 aliphatic heterocycles. The molecular weight excluding hydrogens is 352 g/mol. The summed E-state index contributed by atoms with van der Waals surface area (Å²) in [4.78, 5) is 26.0. The number of aryl methyl sites for hydroxylation is 1. The van der Waals surface area contributed by atoms with E-state index >= 15 is 0 Å². The molecule has 0 fully saturated rings. The maximum Gasteiger partial charge on any atom is 0.330 e. The molecule has 8 heteroatoms. The fourth-order valence-corrected chi connectivity index (χ4v) is 5.82. The van der Waals surface area contributed by atoms with Gasteiger partial charge in [-0.25, -0.2) is 4.79 Å². The van der Waals surface area contributed by atoms with Crippen LogP contribution in [0.1, 0.15) is 39.5 Å². The van der Waals surface area contributed by atoms with Crippen LogP contribution >= 0.6 is 0 Å². The summed E-state index contributed by atoms with van der Waals surface area (Å²) in [6.07, 6.45) is 4.44. The first kappa shape index (κ1) is 20.8. The molecule has 26 heavy (non-hydrogen) atoms. The Morgan fingerprint density at radius 3 is 2.46 bits per heavy atom. The minimum atomic E-state index is -1.80. The zero-order valence-electron chi connectivity index (χ0n) is 16.3. The minimum Gasteiger partial charge on any atom is -0.411 e. The third-order valence-corrected chi connectivity index (χ3v) is 9.78. The number of aromatic amines is 1. The number of nitrogens with zero attached hydrogens (tertiary/aromatic N) is 1. The zero-order chi connectivity index (χ0) is 19.4. The summed E-state index contributed by atoms with van der Waals surface area (Å²) in [5, 5.41) is 0. The molecule has 2 atom stereocenters. The Morgan fingerprint density at radius 1 is 1.23 bits per heavy atom. The molecule has 1 aromatic rings. The Morgan fingerprint density at radius 2 is 1.88 bits per heavy atom. The van der Waals surface area contributed by atoms with Gasteiger partial charge in [-0.2, -0.15) is 0 Å². The lowest BCUT2D eigenvalue weighted by molar-refractivity contribution is -0.234. The molecule has 0 amide bonds. The van der Waals surface area contributed by atoms with Gasteiger partial charge < -0.3 is 13.9 Å². The SMILES string of the molecule is CCO[C@@]1(CO[Si](CC)(CC)CC)C=C[C@H](n2cc(C)c(=O)[nH]c2=O)O1. The molecule has 0 aromatic carbocycles. The summed E-state index contributed by atoms with van der Waals surface area (Å²) in [5.74, 6) is -1.01. The van der Waals surface area contributed by atoms with Crippen LogP contribution in [0.4, 0.5) is 0 Å². The summed E-state index contributed by atoms with van der Waals surface area (Å²) in [6.45, 7) is 10.8. The fraction of sp³-hybridized carbons (Fsp3) is 0.667. The van der Waals surface area contributed by atoms with Crippen molar-refractivity contribution in [2.45, 2.75) is 64.8 Å². The summed E-state index contributed by atoms with van der Waals surface area (Å²) < 4.78 is 19.7. The van der Waals surface area contributed by atoms with Gasteiger partial charge in [0.15, 0.2) is 14.5 Å². The van der Waals surface area contributed by atoms with Crippen molar-refractivity contribution in [2.24, 2.45) is 0 Å². The number of nitrogens with one attached hydrogen (secondary N) is 1. The Bertz CT molecular complexity index is 744. The lowest BCUT2D eigenvalue weighted by Crippen LogP contribution is -2.45. The van der Waals surface area contributed by atoms with E-state index in [2.05, 4.69) is 25.8 Å². The monoisotopic (exact) mass is 382 g/mol. The Hall–Kier alpha value is -1.48. The van der Waals surface area contributed by atoms with Crippen molar-refractivity contribution in [3.8, 4) is 0 Å². The first-order chi connectivity index (χ1) is 12.3. The van der Waals surface area contributed by atoms with Gasteiger partial charge in [0, 0.05) is 18.4 Å². The predicted molar refractivity (Wildman–Crippen MR) is 103 cm³/mol. The second-order valence-corrected chi connectivity index (χ2v) is 11.4. The van der Waals surface area contributed by atoms with Crippen LogP contribution in [0.5, 0.6) is 0 Å². The molecule has 0 saturated heterocycles. The summed E-state index contributed by atoms with van der Waals surface area (Å²) in [6, 6.07) is 3.11. The normalized spacial score (nSPS) is 22.9. The number of H-pyrrole nitrogens is 1. The second-order valence-electron chi connectivity index (χ2n) is 6.62. The summed E-state index contributed by atoms with van der Waals surface area (Å²) >= 11 is 0. The highest BCUT2D eigenvalue weighted by molar-refractivity contribution is 6.73. The van der Waals surface area contributed by atoms with Crippen molar-refractivity contribution in [3.63, 3.8) is 0 Å². The number of hydrogen-bond donors (Lipinski definition) is 1. The molecule has 146 valence electrons. The van der Waals surface area contributed by atoms with E-state index in [9.17, 15) is 9.59 Å². The molecule has 2 rings (SSSR count). The zero-order valence-corrected chi connectivity index (χ0v) is 17.3. The molecule has 1 aliphatic rings. The highest BCUT2D eigenvalue weighted by Crippen LogP contribution is 2.33.